The first-order valence-electron chi connectivity index (χ1n) is 7.96. The summed E-state index contributed by atoms with van der Waals surface area (Å²) in [5.41, 5.74) is 0.317. The van der Waals surface area contributed by atoms with Crippen LogP contribution >= 0.6 is 0 Å². The molecule has 1 aromatic heterocycles. The Morgan fingerprint density at radius 2 is 2.21 bits per heavy atom. The maximum atomic E-state index is 12.4. The van der Waals surface area contributed by atoms with E-state index in [2.05, 4.69) is 10.3 Å². The molecule has 1 saturated carbocycles. The van der Waals surface area contributed by atoms with Crippen molar-refractivity contribution in [2.24, 2.45) is 0 Å². The highest BCUT2D eigenvalue weighted by Gasteiger charge is 2.31. The molecule has 0 saturated heterocycles. The van der Waals surface area contributed by atoms with Crippen LogP contribution in [-0.4, -0.2) is 42.4 Å². The van der Waals surface area contributed by atoms with Crippen molar-refractivity contribution in [1.29, 1.82) is 0 Å². The molecule has 1 amide bonds. The van der Waals surface area contributed by atoms with Crippen LogP contribution in [0.15, 0.2) is 18.3 Å². The molecule has 24 heavy (non-hydrogen) atoms. The molecule has 0 bridgehead atoms. The van der Waals surface area contributed by atoms with Crippen LogP contribution in [0, 0.1) is 0 Å². The number of amides is 1. The highest BCUT2D eigenvalue weighted by molar-refractivity contribution is 5.96. The quantitative estimate of drug-likeness (QED) is 0.860. The van der Waals surface area contributed by atoms with Gasteiger partial charge in [0.1, 0.15) is 12.2 Å². The van der Waals surface area contributed by atoms with Gasteiger partial charge in [0.05, 0.1) is 12.7 Å². The Kier molecular flexibility index (Phi) is 6.42. The molecule has 134 valence electrons. The summed E-state index contributed by atoms with van der Waals surface area (Å²) in [6.45, 7) is 0.920. The molecule has 0 aliphatic heterocycles. The lowest BCUT2D eigenvalue weighted by molar-refractivity contribution is -0.188. The smallest absolute Gasteiger partial charge is 0.411 e. The van der Waals surface area contributed by atoms with E-state index in [4.69, 9.17) is 9.47 Å². The number of hydrogen-bond acceptors (Lipinski definition) is 4. The monoisotopic (exact) mass is 346 g/mol. The summed E-state index contributed by atoms with van der Waals surface area (Å²) < 4.78 is 47.0. The van der Waals surface area contributed by atoms with E-state index in [0.717, 1.165) is 0 Å². The number of carbonyl (C=O) groups is 1. The molecule has 2 atom stereocenters. The van der Waals surface area contributed by atoms with Crippen molar-refractivity contribution < 1.29 is 27.4 Å². The predicted molar refractivity (Wildman–Crippen MR) is 80.9 cm³/mol. The summed E-state index contributed by atoms with van der Waals surface area (Å²) in [6.07, 6.45) is -0.945. The van der Waals surface area contributed by atoms with Crippen molar-refractivity contribution in [2.75, 3.05) is 13.2 Å². The van der Waals surface area contributed by atoms with Crippen molar-refractivity contribution in [2.45, 2.75) is 50.9 Å². The van der Waals surface area contributed by atoms with E-state index in [-0.39, 0.29) is 17.8 Å². The average molecular weight is 346 g/mol. The zero-order chi connectivity index (χ0) is 17.6. The Morgan fingerprint density at radius 3 is 2.92 bits per heavy atom. The van der Waals surface area contributed by atoms with Gasteiger partial charge in [-0.15, -0.1) is 0 Å². The third kappa shape index (κ3) is 5.67. The van der Waals surface area contributed by atoms with Gasteiger partial charge in [-0.25, -0.2) is 4.98 Å². The zero-order valence-corrected chi connectivity index (χ0v) is 13.4. The maximum absolute atomic E-state index is 12.4. The van der Waals surface area contributed by atoms with E-state index in [1.54, 1.807) is 19.1 Å². The number of halogens is 3. The van der Waals surface area contributed by atoms with Gasteiger partial charge in [0.15, 0.2) is 0 Å². The van der Waals surface area contributed by atoms with Gasteiger partial charge < -0.3 is 14.8 Å². The molecule has 0 radical (unpaired) electrons. The molecule has 5 nitrogen and oxygen atoms in total. The van der Waals surface area contributed by atoms with Gasteiger partial charge in [-0.3, -0.25) is 4.79 Å². The van der Waals surface area contributed by atoms with Crippen LogP contribution in [0.2, 0.25) is 0 Å². The van der Waals surface area contributed by atoms with Gasteiger partial charge in [-0.05, 0) is 44.7 Å². The first-order chi connectivity index (χ1) is 11.4. The van der Waals surface area contributed by atoms with E-state index in [1.807, 2.05) is 0 Å². The van der Waals surface area contributed by atoms with Crippen LogP contribution in [0.4, 0.5) is 13.2 Å². The molecule has 2 rings (SSSR count). The highest BCUT2D eigenvalue weighted by atomic mass is 19.4. The Hall–Kier alpha value is -1.83. The van der Waals surface area contributed by atoms with E-state index in [1.165, 1.54) is 6.20 Å². The largest absolute Gasteiger partial charge is 0.477 e. The summed E-state index contributed by atoms with van der Waals surface area (Å²) >= 11 is 0. The third-order valence-corrected chi connectivity index (χ3v) is 3.74. The van der Waals surface area contributed by atoms with Crippen LogP contribution in [-0.2, 0) is 4.74 Å². The van der Waals surface area contributed by atoms with E-state index in [9.17, 15) is 18.0 Å². The Bertz CT molecular complexity index is 552. The Balaban J connectivity index is 1.92. The first-order valence-corrected chi connectivity index (χ1v) is 7.96. The van der Waals surface area contributed by atoms with Crippen molar-refractivity contribution in [3.05, 3.63) is 23.9 Å². The van der Waals surface area contributed by atoms with E-state index < -0.39 is 18.9 Å². The predicted octanol–water partition coefficient (Wildman–Crippen LogP) is 3.10. The normalized spacial score (nSPS) is 21.3. The van der Waals surface area contributed by atoms with E-state index >= 15 is 0 Å². The molecule has 0 aromatic carbocycles. The van der Waals surface area contributed by atoms with Crippen LogP contribution in [0.25, 0.3) is 0 Å². The molecular weight excluding hydrogens is 325 g/mol. The second-order valence-corrected chi connectivity index (χ2v) is 5.67. The van der Waals surface area contributed by atoms with Gasteiger partial charge in [-0.2, -0.15) is 13.2 Å². The third-order valence-electron chi connectivity index (χ3n) is 3.74. The molecule has 0 unspecified atom stereocenters. The van der Waals surface area contributed by atoms with Crippen molar-refractivity contribution >= 4 is 5.91 Å². The van der Waals surface area contributed by atoms with Crippen molar-refractivity contribution in [1.82, 2.24) is 10.3 Å². The summed E-state index contributed by atoms with van der Waals surface area (Å²) in [6, 6.07) is 3.01. The fourth-order valence-electron chi connectivity index (χ4n) is 2.72. The molecule has 1 N–H and O–H groups in total. The number of nitrogens with one attached hydrogen (secondary N) is 1. The number of nitrogens with zero attached hydrogens (tertiary/aromatic N) is 1. The number of pyridine rings is 1. The minimum atomic E-state index is -4.34. The summed E-state index contributed by atoms with van der Waals surface area (Å²) in [7, 11) is 0. The molecule has 1 aliphatic carbocycles. The number of aromatic nitrogens is 1. The lowest BCUT2D eigenvalue weighted by Gasteiger charge is -2.30. The number of ether oxygens (including phenoxy) is 2. The fraction of sp³-hybridized carbons (Fsp3) is 0.625. The second-order valence-electron chi connectivity index (χ2n) is 5.67. The number of hydrogen-bond donors (Lipinski definition) is 1. The van der Waals surface area contributed by atoms with Crippen molar-refractivity contribution in [3.63, 3.8) is 0 Å². The summed E-state index contributed by atoms with van der Waals surface area (Å²) in [5, 5.41) is 2.84. The molecule has 1 aromatic rings. The first kappa shape index (κ1) is 18.5. The maximum Gasteiger partial charge on any atom is 0.411 e. The lowest BCUT2D eigenvalue weighted by Crippen LogP contribution is -2.41. The van der Waals surface area contributed by atoms with Gasteiger partial charge in [-0.1, -0.05) is 0 Å². The second kappa shape index (κ2) is 8.32. The van der Waals surface area contributed by atoms with Gasteiger partial charge in [0.2, 0.25) is 5.88 Å². The Morgan fingerprint density at radius 1 is 1.42 bits per heavy atom. The topological polar surface area (TPSA) is 60.5 Å². The van der Waals surface area contributed by atoms with Crippen LogP contribution < -0.4 is 10.1 Å². The molecule has 0 spiro atoms. The highest BCUT2D eigenvalue weighted by Crippen LogP contribution is 2.25. The van der Waals surface area contributed by atoms with Crippen LogP contribution in [0.5, 0.6) is 5.88 Å². The van der Waals surface area contributed by atoms with Crippen molar-refractivity contribution in [3.8, 4) is 5.88 Å². The minimum absolute atomic E-state index is 0.223. The molecular formula is C16H21F3N2O3. The molecule has 1 aliphatic rings. The van der Waals surface area contributed by atoms with Crippen LogP contribution in [0.1, 0.15) is 43.0 Å². The molecule has 8 heteroatoms. The molecule has 1 fully saturated rings. The fourth-order valence-corrected chi connectivity index (χ4v) is 2.72. The number of alkyl halides is 3. The SMILES string of the molecule is CCOc1ncccc1C(=O)N[C@H]1CCC[C@@H](OCC(F)(F)F)C1. The minimum Gasteiger partial charge on any atom is -0.477 e. The number of rotatable bonds is 6. The number of carbonyl (C=O) groups excluding carboxylic acids is 1. The Labute approximate surface area is 138 Å². The van der Waals surface area contributed by atoms with Gasteiger partial charge in [0.25, 0.3) is 5.91 Å². The van der Waals surface area contributed by atoms with Crippen LogP contribution in [0.3, 0.4) is 0 Å². The van der Waals surface area contributed by atoms with E-state index in [0.29, 0.717) is 37.9 Å². The summed E-state index contributed by atoms with van der Waals surface area (Å²) in [5.74, 6) is -0.0915. The lowest BCUT2D eigenvalue weighted by atomic mass is 9.92. The summed E-state index contributed by atoms with van der Waals surface area (Å²) in [4.78, 5) is 16.4. The van der Waals surface area contributed by atoms with Gasteiger partial charge >= 0.3 is 6.18 Å². The zero-order valence-electron chi connectivity index (χ0n) is 13.4. The molecule has 1 heterocycles. The average Bonchev–Trinajstić information content (AvgIpc) is 2.53. The van der Waals surface area contributed by atoms with Gasteiger partial charge in [0, 0.05) is 12.2 Å². The standard InChI is InChI=1S/C16H21F3N2O3/c1-2-23-15-13(7-4-8-20-15)14(22)21-11-5-3-6-12(9-11)24-10-16(17,18)19/h4,7-8,11-12H,2-3,5-6,9-10H2,1H3,(H,21,22)/t11-,12+/m0/s1.